The summed E-state index contributed by atoms with van der Waals surface area (Å²) in [7, 11) is 0. The number of carbonyl (C=O) groups excluding carboxylic acids is 2. The number of rotatable bonds is 4. The molecule has 3 heterocycles. The molecular weight excluding hydrogens is 428 g/mol. The smallest absolute Gasteiger partial charge is 0.359 e. The number of ether oxygens (including phenoxy) is 1. The highest BCUT2D eigenvalue weighted by Crippen LogP contribution is 2.33. The van der Waals surface area contributed by atoms with Gasteiger partial charge in [0.1, 0.15) is 0 Å². The van der Waals surface area contributed by atoms with Gasteiger partial charge in [0, 0.05) is 24.4 Å². The van der Waals surface area contributed by atoms with Gasteiger partial charge in [-0.25, -0.2) is 14.9 Å². The van der Waals surface area contributed by atoms with Crippen LogP contribution >= 0.6 is 11.3 Å². The lowest BCUT2D eigenvalue weighted by atomic mass is 9.99. The van der Waals surface area contributed by atoms with E-state index >= 15 is 0 Å². The van der Waals surface area contributed by atoms with Crippen LogP contribution in [-0.4, -0.2) is 51.7 Å². The molecular formula is C23H20N4O4S. The van der Waals surface area contributed by atoms with Crippen LogP contribution in [0.25, 0.3) is 21.0 Å². The first-order valence-electron chi connectivity index (χ1n) is 10.4. The number of esters is 1. The Morgan fingerprint density at radius 2 is 1.91 bits per heavy atom. The third-order valence-corrected chi connectivity index (χ3v) is 6.85. The average Bonchev–Trinajstić information content (AvgIpc) is 3.27. The van der Waals surface area contributed by atoms with Crippen LogP contribution in [0.4, 0.5) is 0 Å². The van der Waals surface area contributed by atoms with Crippen molar-refractivity contribution in [3.8, 4) is 0 Å². The molecule has 4 aromatic rings. The van der Waals surface area contributed by atoms with Crippen molar-refractivity contribution in [2.24, 2.45) is 0 Å². The minimum atomic E-state index is -0.745. The number of hydrogen-bond acceptors (Lipinski definition) is 7. The van der Waals surface area contributed by atoms with Gasteiger partial charge in [0.2, 0.25) is 0 Å². The summed E-state index contributed by atoms with van der Waals surface area (Å²) in [5, 5.41) is 7.89. The van der Waals surface area contributed by atoms with Crippen molar-refractivity contribution in [1.29, 1.82) is 0 Å². The normalized spacial score (nSPS) is 16.4. The van der Waals surface area contributed by atoms with Crippen molar-refractivity contribution in [3.05, 3.63) is 69.6 Å². The van der Waals surface area contributed by atoms with Gasteiger partial charge in [0.15, 0.2) is 12.3 Å². The maximum Gasteiger partial charge on any atom is 0.359 e. The van der Waals surface area contributed by atoms with E-state index in [9.17, 15) is 14.4 Å². The molecule has 1 amide bonds. The lowest BCUT2D eigenvalue weighted by molar-refractivity contribution is -0.135. The van der Waals surface area contributed by atoms with Gasteiger partial charge in [0.25, 0.3) is 11.5 Å². The van der Waals surface area contributed by atoms with E-state index in [4.69, 9.17) is 9.72 Å². The summed E-state index contributed by atoms with van der Waals surface area (Å²) in [5.74, 6) is -0.825. The van der Waals surface area contributed by atoms with Crippen molar-refractivity contribution in [1.82, 2.24) is 20.1 Å². The zero-order chi connectivity index (χ0) is 22.1. The standard InChI is InChI=1S/C23H20N4O4S/c28-19(13-31-23(30)20-15-7-1-2-8-16(15)21(29)26-25-20)27-11-5-6-14(12-27)22-24-17-9-3-4-10-18(17)32-22/h1-4,7-10,14H,5-6,11-13H2,(H,26,29). The van der Waals surface area contributed by atoms with Gasteiger partial charge in [-0.1, -0.05) is 30.3 Å². The summed E-state index contributed by atoms with van der Waals surface area (Å²) >= 11 is 1.66. The van der Waals surface area contributed by atoms with E-state index in [2.05, 4.69) is 16.3 Å². The Hall–Kier alpha value is -3.59. The van der Waals surface area contributed by atoms with Gasteiger partial charge < -0.3 is 9.64 Å². The molecule has 0 bridgehead atoms. The van der Waals surface area contributed by atoms with Gasteiger partial charge in [-0.05, 0) is 31.0 Å². The number of benzene rings is 2. The first-order valence-corrected chi connectivity index (χ1v) is 11.2. The minimum absolute atomic E-state index is 0.0148. The maximum atomic E-state index is 12.8. The number of fused-ring (bicyclic) bond motifs is 2. The van der Waals surface area contributed by atoms with E-state index in [0.717, 1.165) is 28.1 Å². The topological polar surface area (TPSA) is 105 Å². The van der Waals surface area contributed by atoms with Gasteiger partial charge in [-0.3, -0.25) is 9.59 Å². The number of amides is 1. The zero-order valence-corrected chi connectivity index (χ0v) is 17.9. The number of likely N-dealkylation sites (tertiary alicyclic amines) is 1. The number of carbonyl (C=O) groups is 2. The third kappa shape index (κ3) is 3.87. The second-order valence-electron chi connectivity index (χ2n) is 7.72. The Bertz CT molecular complexity index is 1350. The van der Waals surface area contributed by atoms with Crippen molar-refractivity contribution in [3.63, 3.8) is 0 Å². The second-order valence-corrected chi connectivity index (χ2v) is 8.78. The number of piperidine rings is 1. The fourth-order valence-electron chi connectivity index (χ4n) is 4.03. The molecule has 0 aliphatic carbocycles. The van der Waals surface area contributed by atoms with Crippen LogP contribution < -0.4 is 5.56 Å². The van der Waals surface area contributed by atoms with Crippen LogP contribution in [0.3, 0.4) is 0 Å². The molecule has 1 saturated heterocycles. The van der Waals surface area contributed by atoms with Crippen molar-refractivity contribution in [2.75, 3.05) is 19.7 Å². The molecule has 162 valence electrons. The Morgan fingerprint density at radius 3 is 2.75 bits per heavy atom. The van der Waals surface area contributed by atoms with E-state index in [0.29, 0.717) is 23.9 Å². The number of aromatic nitrogens is 3. The molecule has 2 aromatic carbocycles. The molecule has 2 aromatic heterocycles. The molecule has 1 unspecified atom stereocenters. The molecule has 0 radical (unpaired) electrons. The lowest BCUT2D eigenvalue weighted by Gasteiger charge is -2.31. The van der Waals surface area contributed by atoms with E-state index in [-0.39, 0.29) is 29.7 Å². The van der Waals surface area contributed by atoms with Crippen molar-refractivity contribution < 1.29 is 14.3 Å². The Balaban J connectivity index is 1.25. The highest BCUT2D eigenvalue weighted by Gasteiger charge is 2.28. The third-order valence-electron chi connectivity index (χ3n) is 5.65. The number of para-hydroxylation sites is 1. The van der Waals surface area contributed by atoms with Gasteiger partial charge in [-0.2, -0.15) is 5.10 Å². The van der Waals surface area contributed by atoms with Gasteiger partial charge in [0.05, 0.1) is 20.6 Å². The molecule has 0 spiro atoms. The van der Waals surface area contributed by atoms with E-state index < -0.39 is 5.97 Å². The summed E-state index contributed by atoms with van der Waals surface area (Å²) in [4.78, 5) is 43.7. The summed E-state index contributed by atoms with van der Waals surface area (Å²) in [6, 6.07) is 14.7. The van der Waals surface area contributed by atoms with Gasteiger partial charge >= 0.3 is 5.97 Å². The lowest BCUT2D eigenvalue weighted by Crippen LogP contribution is -2.41. The second kappa shape index (κ2) is 8.51. The fourth-order valence-corrected chi connectivity index (χ4v) is 5.12. The molecule has 1 fully saturated rings. The zero-order valence-electron chi connectivity index (χ0n) is 17.1. The number of nitrogens with zero attached hydrogens (tertiary/aromatic N) is 3. The predicted molar refractivity (Wildman–Crippen MR) is 121 cm³/mol. The molecule has 1 aliphatic rings. The molecule has 1 N–H and O–H groups in total. The van der Waals surface area contributed by atoms with Crippen molar-refractivity contribution in [2.45, 2.75) is 18.8 Å². The Labute approximate surface area is 186 Å². The first-order chi connectivity index (χ1) is 15.6. The van der Waals surface area contributed by atoms with Crippen LogP contribution in [0.15, 0.2) is 53.3 Å². The van der Waals surface area contributed by atoms with Crippen LogP contribution in [0.5, 0.6) is 0 Å². The molecule has 1 atom stereocenters. The summed E-state index contributed by atoms with van der Waals surface area (Å²) in [6.07, 6.45) is 1.84. The number of hydrogen-bond donors (Lipinski definition) is 1. The predicted octanol–water partition coefficient (Wildman–Crippen LogP) is 3.10. The maximum absolute atomic E-state index is 12.8. The quantitative estimate of drug-likeness (QED) is 0.481. The highest BCUT2D eigenvalue weighted by molar-refractivity contribution is 7.18. The number of H-pyrrole nitrogens is 1. The molecule has 9 heteroatoms. The van der Waals surface area contributed by atoms with Crippen LogP contribution in [0.1, 0.15) is 34.3 Å². The van der Waals surface area contributed by atoms with Crippen LogP contribution in [-0.2, 0) is 9.53 Å². The van der Waals surface area contributed by atoms with Gasteiger partial charge in [-0.15, -0.1) is 11.3 Å². The minimum Gasteiger partial charge on any atom is -0.451 e. The SMILES string of the molecule is O=C(OCC(=O)N1CCCC(c2nc3ccccc3s2)C1)c1n[nH]c(=O)c2ccccc12. The largest absolute Gasteiger partial charge is 0.451 e. The monoisotopic (exact) mass is 448 g/mol. The van der Waals surface area contributed by atoms with E-state index in [1.54, 1.807) is 40.5 Å². The highest BCUT2D eigenvalue weighted by atomic mass is 32.1. The molecule has 5 rings (SSSR count). The Kier molecular flexibility index (Phi) is 5.40. The molecule has 0 saturated carbocycles. The molecule has 1 aliphatic heterocycles. The van der Waals surface area contributed by atoms with Crippen molar-refractivity contribution >= 4 is 44.2 Å². The van der Waals surface area contributed by atoms with Crippen LogP contribution in [0, 0.1) is 0 Å². The van der Waals surface area contributed by atoms with E-state index in [1.165, 1.54) is 0 Å². The number of thiazole rings is 1. The van der Waals surface area contributed by atoms with Crippen LogP contribution in [0.2, 0.25) is 0 Å². The Morgan fingerprint density at radius 1 is 1.12 bits per heavy atom. The molecule has 32 heavy (non-hydrogen) atoms. The fraction of sp³-hybridized carbons (Fsp3) is 0.261. The summed E-state index contributed by atoms with van der Waals surface area (Å²) < 4.78 is 6.39. The molecule has 8 nitrogen and oxygen atoms in total. The average molecular weight is 449 g/mol. The first kappa shape index (κ1) is 20.3. The van der Waals surface area contributed by atoms with E-state index in [1.807, 2.05) is 18.2 Å². The summed E-state index contributed by atoms with van der Waals surface area (Å²) in [6.45, 7) is 0.800. The summed E-state index contributed by atoms with van der Waals surface area (Å²) in [5.41, 5.74) is 0.576. The number of nitrogens with one attached hydrogen (secondary N) is 1. The number of aromatic amines is 1.